The SMILES string of the molecule is C=C(N=C(Cc1ccccc1-c1cc(-c2ccc3c(c2)c2ccccc2n3-c2ccccc2)ccc1C)C1=C(C)c2cccc3cccc1c23)c1ccccc1. The fourth-order valence-electron chi connectivity index (χ4n) is 8.83. The Hall–Kier alpha value is -7.03. The van der Waals surface area contributed by atoms with Crippen molar-refractivity contribution in [3.63, 3.8) is 0 Å². The summed E-state index contributed by atoms with van der Waals surface area (Å²) < 4.78 is 2.37. The number of aliphatic imine (C=N–C) groups is 1. The van der Waals surface area contributed by atoms with E-state index in [2.05, 4.69) is 201 Å². The first-order chi connectivity index (χ1) is 27.5. The molecular weight excluding hydrogens is 677 g/mol. The summed E-state index contributed by atoms with van der Waals surface area (Å²) in [7, 11) is 0. The maximum Gasteiger partial charge on any atom is 0.0633 e. The van der Waals surface area contributed by atoms with E-state index < -0.39 is 0 Å². The van der Waals surface area contributed by atoms with Crippen LogP contribution in [0.3, 0.4) is 0 Å². The van der Waals surface area contributed by atoms with E-state index in [0.29, 0.717) is 6.42 Å². The molecule has 0 saturated heterocycles. The minimum absolute atomic E-state index is 0.660. The lowest BCUT2D eigenvalue weighted by Gasteiger charge is -2.17. The van der Waals surface area contributed by atoms with Crippen LogP contribution in [0.15, 0.2) is 194 Å². The van der Waals surface area contributed by atoms with Gasteiger partial charge in [0.25, 0.3) is 0 Å². The monoisotopic (exact) mass is 716 g/mol. The molecule has 0 spiro atoms. The van der Waals surface area contributed by atoms with Gasteiger partial charge in [-0.25, -0.2) is 0 Å². The lowest BCUT2D eigenvalue weighted by molar-refractivity contribution is 1.18. The van der Waals surface area contributed by atoms with Gasteiger partial charge >= 0.3 is 0 Å². The maximum atomic E-state index is 5.41. The van der Waals surface area contributed by atoms with Crippen LogP contribution in [0.4, 0.5) is 0 Å². The van der Waals surface area contributed by atoms with E-state index in [1.54, 1.807) is 0 Å². The van der Waals surface area contributed by atoms with E-state index >= 15 is 0 Å². The Bertz CT molecular complexity index is 3060. The molecule has 0 amide bonds. The molecule has 0 N–H and O–H groups in total. The number of para-hydroxylation sites is 2. The quantitative estimate of drug-likeness (QED) is 0.139. The highest BCUT2D eigenvalue weighted by atomic mass is 15.0. The van der Waals surface area contributed by atoms with E-state index in [1.165, 1.54) is 93.9 Å². The summed E-state index contributed by atoms with van der Waals surface area (Å²) in [5, 5.41) is 5.07. The molecular formula is C54H40N2. The van der Waals surface area contributed by atoms with Gasteiger partial charge in [-0.15, -0.1) is 0 Å². The van der Waals surface area contributed by atoms with Crippen LogP contribution in [0.1, 0.15) is 34.7 Å². The first-order valence-electron chi connectivity index (χ1n) is 19.4. The number of fused-ring (bicyclic) bond motifs is 3. The number of hydrogen-bond acceptors (Lipinski definition) is 1. The van der Waals surface area contributed by atoms with Gasteiger partial charge in [-0.1, -0.05) is 152 Å². The molecule has 8 aromatic carbocycles. The van der Waals surface area contributed by atoms with Gasteiger partial charge in [0.05, 0.1) is 22.4 Å². The van der Waals surface area contributed by atoms with Gasteiger partial charge in [0.15, 0.2) is 0 Å². The van der Waals surface area contributed by atoms with Crippen molar-refractivity contribution in [3.05, 3.63) is 216 Å². The van der Waals surface area contributed by atoms with Crippen molar-refractivity contribution in [2.45, 2.75) is 20.3 Å². The summed E-state index contributed by atoms with van der Waals surface area (Å²) in [6.45, 7) is 8.96. The molecule has 0 atom stereocenters. The van der Waals surface area contributed by atoms with Gasteiger partial charge in [0.2, 0.25) is 0 Å². The number of benzene rings is 8. The van der Waals surface area contributed by atoms with Crippen LogP contribution in [0.5, 0.6) is 0 Å². The second kappa shape index (κ2) is 13.7. The predicted octanol–water partition coefficient (Wildman–Crippen LogP) is 14.2. The number of nitrogens with zero attached hydrogens (tertiary/aromatic N) is 2. The van der Waals surface area contributed by atoms with Crippen molar-refractivity contribution < 1.29 is 0 Å². The van der Waals surface area contributed by atoms with Crippen LogP contribution in [-0.4, -0.2) is 10.3 Å². The summed E-state index contributed by atoms with van der Waals surface area (Å²) in [5.74, 6) is 0. The average molecular weight is 717 g/mol. The third kappa shape index (κ3) is 5.61. The molecule has 266 valence electrons. The van der Waals surface area contributed by atoms with Gasteiger partial charge in [0, 0.05) is 28.5 Å². The molecule has 0 fully saturated rings. The summed E-state index contributed by atoms with van der Waals surface area (Å²) in [4.78, 5) is 5.41. The fraction of sp³-hybridized carbons (Fsp3) is 0.0556. The van der Waals surface area contributed by atoms with Crippen LogP contribution in [-0.2, 0) is 6.42 Å². The van der Waals surface area contributed by atoms with Crippen LogP contribution in [0, 0.1) is 6.92 Å². The molecule has 1 aromatic heterocycles. The number of rotatable bonds is 8. The summed E-state index contributed by atoms with van der Waals surface area (Å²) >= 11 is 0. The molecule has 56 heavy (non-hydrogen) atoms. The topological polar surface area (TPSA) is 17.3 Å². The molecule has 2 heteroatoms. The van der Waals surface area contributed by atoms with Crippen molar-refractivity contribution >= 4 is 55.1 Å². The van der Waals surface area contributed by atoms with E-state index in [0.717, 1.165) is 17.0 Å². The zero-order valence-corrected chi connectivity index (χ0v) is 31.6. The zero-order valence-electron chi connectivity index (χ0n) is 31.6. The summed E-state index contributed by atoms with van der Waals surface area (Å²) in [5.41, 5.74) is 18.7. The maximum absolute atomic E-state index is 5.41. The number of hydrogen-bond donors (Lipinski definition) is 0. The molecule has 0 bridgehead atoms. The van der Waals surface area contributed by atoms with Crippen molar-refractivity contribution in [1.29, 1.82) is 0 Å². The average Bonchev–Trinajstić information content (AvgIpc) is 3.73. The zero-order chi connectivity index (χ0) is 37.8. The number of aryl methyl sites for hydroxylation is 1. The first-order valence-corrected chi connectivity index (χ1v) is 19.4. The molecule has 1 aliphatic carbocycles. The Balaban J connectivity index is 1.09. The largest absolute Gasteiger partial charge is 0.309 e. The minimum atomic E-state index is 0.660. The lowest BCUT2D eigenvalue weighted by Crippen LogP contribution is -2.08. The van der Waals surface area contributed by atoms with E-state index in [9.17, 15) is 0 Å². The molecule has 10 rings (SSSR count). The molecule has 1 heterocycles. The first kappa shape index (κ1) is 33.5. The minimum Gasteiger partial charge on any atom is -0.309 e. The third-order valence-corrected chi connectivity index (χ3v) is 11.5. The molecule has 1 aliphatic rings. The van der Waals surface area contributed by atoms with Gasteiger partial charge < -0.3 is 4.57 Å². The highest BCUT2D eigenvalue weighted by Gasteiger charge is 2.26. The summed E-state index contributed by atoms with van der Waals surface area (Å²) in [6.07, 6.45) is 0.660. The Labute approximate surface area is 328 Å². The molecule has 9 aromatic rings. The highest BCUT2D eigenvalue weighted by molar-refractivity contribution is 6.37. The Kier molecular flexibility index (Phi) is 8.19. The second-order valence-electron chi connectivity index (χ2n) is 14.9. The normalized spacial score (nSPS) is 12.6. The van der Waals surface area contributed by atoms with Crippen molar-refractivity contribution in [2.75, 3.05) is 0 Å². The smallest absolute Gasteiger partial charge is 0.0633 e. The van der Waals surface area contributed by atoms with Gasteiger partial charge in [0.1, 0.15) is 0 Å². The van der Waals surface area contributed by atoms with Crippen molar-refractivity contribution in [2.24, 2.45) is 4.99 Å². The highest BCUT2D eigenvalue weighted by Crippen LogP contribution is 2.44. The van der Waals surface area contributed by atoms with Gasteiger partial charge in [-0.2, -0.15) is 0 Å². The van der Waals surface area contributed by atoms with Crippen LogP contribution < -0.4 is 0 Å². The molecule has 0 aliphatic heterocycles. The third-order valence-electron chi connectivity index (χ3n) is 11.5. The van der Waals surface area contributed by atoms with E-state index in [-0.39, 0.29) is 0 Å². The standard InChI is InChI=1S/C54H40N2/c1-35-28-29-40(41-30-31-52-49(33-41)46-24-12-13-27-51(46)56(52)43-21-8-5-9-22-43)32-48(35)45-23-11-10-18-42(45)34-50(55-37(3)38-16-6-4-7-17-38)53-36(2)44-25-14-19-39-20-15-26-47(53)54(39)44/h4-33H,3,34H2,1-2H3. The molecule has 0 radical (unpaired) electrons. The predicted molar refractivity (Wildman–Crippen MR) is 239 cm³/mol. The molecule has 0 unspecified atom stereocenters. The van der Waals surface area contributed by atoms with Crippen molar-refractivity contribution in [1.82, 2.24) is 4.57 Å². The van der Waals surface area contributed by atoms with Gasteiger partial charge in [-0.05, 0) is 117 Å². The van der Waals surface area contributed by atoms with E-state index in [1.807, 2.05) is 6.07 Å². The van der Waals surface area contributed by atoms with Crippen molar-refractivity contribution in [3.8, 4) is 27.9 Å². The van der Waals surface area contributed by atoms with Gasteiger partial charge in [-0.3, -0.25) is 4.99 Å². The van der Waals surface area contributed by atoms with Crippen LogP contribution in [0.25, 0.3) is 77.4 Å². The lowest BCUT2D eigenvalue weighted by atomic mass is 9.88. The number of allylic oxidation sites excluding steroid dienone is 2. The Morgan fingerprint density at radius 2 is 1.18 bits per heavy atom. The van der Waals surface area contributed by atoms with E-state index in [4.69, 9.17) is 4.99 Å². The molecule has 0 saturated carbocycles. The van der Waals surface area contributed by atoms with Crippen LogP contribution >= 0.6 is 0 Å². The molecule has 2 nitrogen and oxygen atoms in total. The number of aromatic nitrogens is 1. The second-order valence-corrected chi connectivity index (χ2v) is 14.9. The Morgan fingerprint density at radius 1 is 0.536 bits per heavy atom. The Morgan fingerprint density at radius 3 is 2.00 bits per heavy atom. The summed E-state index contributed by atoms with van der Waals surface area (Å²) in [6, 6.07) is 65.6. The van der Waals surface area contributed by atoms with Crippen LogP contribution in [0.2, 0.25) is 0 Å². The fourth-order valence-corrected chi connectivity index (χ4v) is 8.83.